The van der Waals surface area contributed by atoms with E-state index >= 15 is 0 Å². The van der Waals surface area contributed by atoms with E-state index in [1.54, 1.807) is 19.2 Å². The van der Waals surface area contributed by atoms with Crippen molar-refractivity contribution in [3.8, 4) is 16.9 Å². The Morgan fingerprint density at radius 2 is 1.86 bits per heavy atom. The van der Waals surface area contributed by atoms with Crippen molar-refractivity contribution in [2.24, 2.45) is 0 Å². The maximum Gasteiger partial charge on any atom is 0.196 e. The van der Waals surface area contributed by atoms with Gasteiger partial charge in [0.2, 0.25) is 0 Å². The molecule has 3 nitrogen and oxygen atoms in total. The fraction of sp³-hybridized carbons (Fsp3) is 0.0556. The lowest BCUT2D eigenvalue weighted by molar-refractivity contribution is 0.104. The van der Waals surface area contributed by atoms with Crippen molar-refractivity contribution in [2.75, 3.05) is 12.8 Å². The molecule has 1 heterocycles. The topological polar surface area (TPSA) is 52.3 Å². The molecule has 110 valence electrons. The quantitative estimate of drug-likeness (QED) is 0.733. The first-order valence-electron chi connectivity index (χ1n) is 6.82. The smallest absolute Gasteiger partial charge is 0.196 e. The summed E-state index contributed by atoms with van der Waals surface area (Å²) in [5.41, 5.74) is 9.02. The van der Waals surface area contributed by atoms with Gasteiger partial charge in [-0.05, 0) is 17.7 Å². The number of ketones is 1. The van der Waals surface area contributed by atoms with Crippen LogP contribution in [0.4, 0.5) is 5.00 Å². The van der Waals surface area contributed by atoms with Gasteiger partial charge in [-0.25, -0.2) is 0 Å². The number of methoxy groups -OCH3 is 1. The van der Waals surface area contributed by atoms with Crippen LogP contribution >= 0.6 is 11.3 Å². The van der Waals surface area contributed by atoms with Crippen molar-refractivity contribution in [3.63, 3.8) is 0 Å². The van der Waals surface area contributed by atoms with Crippen LogP contribution in [0.5, 0.6) is 5.75 Å². The molecule has 0 aliphatic carbocycles. The predicted octanol–water partition coefficient (Wildman–Crippen LogP) is 4.24. The standard InChI is InChI=1S/C18H15NO2S/c1-21-14-9-5-8-13(10-14)15-11-22-18(19)16(15)17(20)12-6-3-2-4-7-12/h2-11H,19H2,1H3. The summed E-state index contributed by atoms with van der Waals surface area (Å²) in [4.78, 5) is 12.8. The lowest BCUT2D eigenvalue weighted by Gasteiger charge is -2.07. The first-order valence-corrected chi connectivity index (χ1v) is 7.70. The van der Waals surface area contributed by atoms with Crippen LogP contribution in [-0.2, 0) is 0 Å². The Hall–Kier alpha value is -2.59. The van der Waals surface area contributed by atoms with Crippen LogP contribution < -0.4 is 10.5 Å². The van der Waals surface area contributed by atoms with Gasteiger partial charge in [0.25, 0.3) is 0 Å². The fourth-order valence-electron chi connectivity index (χ4n) is 2.34. The molecule has 0 saturated heterocycles. The zero-order valence-electron chi connectivity index (χ0n) is 12.1. The van der Waals surface area contributed by atoms with Crippen molar-refractivity contribution in [3.05, 3.63) is 71.1 Å². The molecule has 0 atom stereocenters. The number of anilines is 1. The highest BCUT2D eigenvalue weighted by Gasteiger charge is 2.20. The summed E-state index contributed by atoms with van der Waals surface area (Å²) < 4.78 is 5.26. The van der Waals surface area contributed by atoms with Gasteiger partial charge in [-0.3, -0.25) is 4.79 Å². The summed E-state index contributed by atoms with van der Waals surface area (Å²) in [6.07, 6.45) is 0. The molecule has 2 N–H and O–H groups in total. The minimum Gasteiger partial charge on any atom is -0.497 e. The number of hydrogen-bond donors (Lipinski definition) is 1. The minimum atomic E-state index is -0.0582. The van der Waals surface area contributed by atoms with Crippen molar-refractivity contribution < 1.29 is 9.53 Å². The van der Waals surface area contributed by atoms with Gasteiger partial charge in [0, 0.05) is 16.5 Å². The number of carbonyl (C=O) groups excluding carboxylic acids is 1. The highest BCUT2D eigenvalue weighted by molar-refractivity contribution is 7.15. The van der Waals surface area contributed by atoms with Gasteiger partial charge < -0.3 is 10.5 Å². The molecule has 3 aromatic rings. The van der Waals surface area contributed by atoms with Crippen molar-refractivity contribution in [2.45, 2.75) is 0 Å². The monoisotopic (exact) mass is 309 g/mol. The highest BCUT2D eigenvalue weighted by atomic mass is 32.1. The predicted molar refractivity (Wildman–Crippen MR) is 90.6 cm³/mol. The third-order valence-corrected chi connectivity index (χ3v) is 4.27. The SMILES string of the molecule is COc1cccc(-c2csc(N)c2C(=O)c2ccccc2)c1. The van der Waals surface area contributed by atoms with Crippen molar-refractivity contribution >= 4 is 22.1 Å². The van der Waals surface area contributed by atoms with Crippen LogP contribution in [0.2, 0.25) is 0 Å². The summed E-state index contributed by atoms with van der Waals surface area (Å²) >= 11 is 1.38. The molecule has 1 aromatic heterocycles. The van der Waals surface area contributed by atoms with Gasteiger partial charge in [-0.15, -0.1) is 11.3 Å². The third kappa shape index (κ3) is 2.61. The van der Waals surface area contributed by atoms with E-state index in [0.717, 1.165) is 16.9 Å². The first-order chi connectivity index (χ1) is 10.7. The second-order valence-electron chi connectivity index (χ2n) is 4.82. The summed E-state index contributed by atoms with van der Waals surface area (Å²) in [5.74, 6) is 0.692. The molecule has 0 amide bonds. The molecular weight excluding hydrogens is 294 g/mol. The maximum atomic E-state index is 12.8. The van der Waals surface area contributed by atoms with E-state index in [-0.39, 0.29) is 5.78 Å². The normalized spacial score (nSPS) is 10.4. The molecule has 22 heavy (non-hydrogen) atoms. The number of benzene rings is 2. The van der Waals surface area contributed by atoms with E-state index in [2.05, 4.69) is 0 Å². The van der Waals surface area contributed by atoms with E-state index in [9.17, 15) is 4.79 Å². The molecule has 0 bridgehead atoms. The van der Waals surface area contributed by atoms with Crippen LogP contribution in [0.1, 0.15) is 15.9 Å². The van der Waals surface area contributed by atoms with E-state index in [0.29, 0.717) is 16.1 Å². The first kappa shape index (κ1) is 14.4. The molecule has 0 radical (unpaired) electrons. The van der Waals surface area contributed by atoms with E-state index in [4.69, 9.17) is 10.5 Å². The van der Waals surface area contributed by atoms with Gasteiger partial charge in [0.15, 0.2) is 5.78 Å². The van der Waals surface area contributed by atoms with E-state index in [1.165, 1.54) is 11.3 Å². The van der Waals surface area contributed by atoms with E-state index < -0.39 is 0 Å². The third-order valence-electron chi connectivity index (χ3n) is 3.46. The van der Waals surface area contributed by atoms with E-state index in [1.807, 2.05) is 47.8 Å². The molecule has 0 saturated carbocycles. The molecule has 0 aliphatic rings. The Labute approximate surface area is 133 Å². The van der Waals surface area contributed by atoms with Gasteiger partial charge in [-0.2, -0.15) is 0 Å². The molecule has 0 unspecified atom stereocenters. The summed E-state index contributed by atoms with van der Waals surface area (Å²) in [6, 6.07) is 16.8. The molecular formula is C18H15NO2S. The van der Waals surface area contributed by atoms with Gasteiger partial charge in [-0.1, -0.05) is 42.5 Å². The lowest BCUT2D eigenvalue weighted by Crippen LogP contribution is -2.04. The number of ether oxygens (including phenoxy) is 1. The highest BCUT2D eigenvalue weighted by Crippen LogP contribution is 2.36. The fourth-order valence-corrected chi connectivity index (χ4v) is 3.16. The Balaban J connectivity index is 2.10. The van der Waals surface area contributed by atoms with Crippen LogP contribution in [0, 0.1) is 0 Å². The molecule has 0 aliphatic heterocycles. The Morgan fingerprint density at radius 3 is 2.59 bits per heavy atom. The molecule has 3 rings (SSSR count). The van der Waals surface area contributed by atoms with Crippen molar-refractivity contribution in [1.29, 1.82) is 0 Å². The van der Waals surface area contributed by atoms with Gasteiger partial charge >= 0.3 is 0 Å². The average Bonchev–Trinajstić information content (AvgIpc) is 2.96. The summed E-state index contributed by atoms with van der Waals surface area (Å²) in [5, 5.41) is 2.45. The molecule has 4 heteroatoms. The maximum absolute atomic E-state index is 12.8. The summed E-state index contributed by atoms with van der Waals surface area (Å²) in [7, 11) is 1.62. The van der Waals surface area contributed by atoms with Crippen LogP contribution in [0.25, 0.3) is 11.1 Å². The zero-order chi connectivity index (χ0) is 15.5. The number of nitrogen functional groups attached to an aromatic ring is 1. The Bertz CT molecular complexity index is 809. The number of thiophene rings is 1. The minimum absolute atomic E-state index is 0.0582. The van der Waals surface area contributed by atoms with Crippen LogP contribution in [0.15, 0.2) is 60.0 Å². The van der Waals surface area contributed by atoms with Crippen molar-refractivity contribution in [1.82, 2.24) is 0 Å². The Morgan fingerprint density at radius 1 is 1.09 bits per heavy atom. The second-order valence-corrected chi connectivity index (χ2v) is 5.73. The largest absolute Gasteiger partial charge is 0.497 e. The number of nitrogens with two attached hydrogens (primary N) is 1. The zero-order valence-corrected chi connectivity index (χ0v) is 12.9. The molecule has 2 aromatic carbocycles. The van der Waals surface area contributed by atoms with Crippen LogP contribution in [0.3, 0.4) is 0 Å². The Kier molecular flexibility index (Phi) is 3.94. The molecule has 0 spiro atoms. The second kappa shape index (κ2) is 6.03. The number of hydrogen-bond acceptors (Lipinski definition) is 4. The lowest BCUT2D eigenvalue weighted by atomic mass is 9.97. The van der Waals surface area contributed by atoms with Crippen LogP contribution in [-0.4, -0.2) is 12.9 Å². The van der Waals surface area contributed by atoms with Gasteiger partial charge in [0.05, 0.1) is 17.7 Å². The number of rotatable bonds is 4. The molecule has 0 fully saturated rings. The number of carbonyl (C=O) groups is 1. The average molecular weight is 309 g/mol. The summed E-state index contributed by atoms with van der Waals surface area (Å²) in [6.45, 7) is 0. The van der Waals surface area contributed by atoms with Gasteiger partial charge in [0.1, 0.15) is 5.75 Å².